The Kier molecular flexibility index (Phi) is 3.60. The van der Waals surface area contributed by atoms with Gasteiger partial charge in [-0.15, -0.1) is 0 Å². The maximum atomic E-state index is 11.8. The van der Waals surface area contributed by atoms with Crippen LogP contribution in [0.15, 0.2) is 0 Å². The van der Waals surface area contributed by atoms with E-state index in [4.69, 9.17) is 4.74 Å². The molecule has 2 N–H and O–H groups in total. The summed E-state index contributed by atoms with van der Waals surface area (Å²) in [6.45, 7) is 11.5. The number of nitrogens with two attached hydrogens (primary N) is 1. The molecule has 2 atom stereocenters. The molecular weight excluding hydrogens is 192 g/mol. The molecule has 1 fully saturated rings. The van der Waals surface area contributed by atoms with Crippen molar-refractivity contribution in [2.45, 2.75) is 52.3 Å². The Morgan fingerprint density at radius 3 is 2.13 bits per heavy atom. The summed E-state index contributed by atoms with van der Waals surface area (Å²) < 4.78 is 5.35. The van der Waals surface area contributed by atoms with Crippen molar-refractivity contribution >= 4 is 6.09 Å². The SMILES string of the molecule is C[C@@H]1CN(C(=O)OC(C)(C)C)C[C@H](C)[NH2+]1. The van der Waals surface area contributed by atoms with E-state index in [1.165, 1.54) is 0 Å². The lowest BCUT2D eigenvalue weighted by atomic mass is 10.1. The fraction of sp³-hybridized carbons (Fsp3) is 0.909. The highest BCUT2D eigenvalue weighted by atomic mass is 16.6. The predicted octanol–water partition coefficient (Wildman–Crippen LogP) is 0.578. The number of amides is 1. The van der Waals surface area contributed by atoms with E-state index in [1.807, 2.05) is 20.8 Å². The van der Waals surface area contributed by atoms with Gasteiger partial charge in [-0.1, -0.05) is 0 Å². The van der Waals surface area contributed by atoms with Gasteiger partial charge in [0.2, 0.25) is 0 Å². The van der Waals surface area contributed by atoms with Crippen molar-refractivity contribution in [3.8, 4) is 0 Å². The zero-order valence-electron chi connectivity index (χ0n) is 10.4. The van der Waals surface area contributed by atoms with Crippen LogP contribution in [0.1, 0.15) is 34.6 Å². The maximum absolute atomic E-state index is 11.8. The number of quaternary nitrogens is 1. The minimum absolute atomic E-state index is 0.186. The molecule has 1 amide bonds. The molecule has 0 radical (unpaired) electrons. The van der Waals surface area contributed by atoms with E-state index in [0.29, 0.717) is 12.1 Å². The monoisotopic (exact) mass is 215 g/mol. The molecule has 1 saturated heterocycles. The van der Waals surface area contributed by atoms with E-state index >= 15 is 0 Å². The number of rotatable bonds is 0. The van der Waals surface area contributed by atoms with Crippen LogP contribution in [0.25, 0.3) is 0 Å². The van der Waals surface area contributed by atoms with Crippen molar-refractivity contribution < 1.29 is 14.8 Å². The molecule has 1 heterocycles. The summed E-state index contributed by atoms with van der Waals surface area (Å²) in [5.41, 5.74) is -0.398. The van der Waals surface area contributed by atoms with E-state index in [2.05, 4.69) is 19.2 Å². The molecule has 88 valence electrons. The van der Waals surface area contributed by atoms with Crippen LogP contribution in [0.4, 0.5) is 4.79 Å². The Hall–Kier alpha value is -0.770. The summed E-state index contributed by atoms with van der Waals surface area (Å²) in [5, 5.41) is 2.29. The lowest BCUT2D eigenvalue weighted by molar-refractivity contribution is -0.723. The quantitative estimate of drug-likeness (QED) is 0.642. The van der Waals surface area contributed by atoms with Gasteiger partial charge in [0, 0.05) is 0 Å². The number of ether oxygens (including phenoxy) is 1. The van der Waals surface area contributed by atoms with Crippen LogP contribution in [0.2, 0.25) is 0 Å². The van der Waals surface area contributed by atoms with E-state index in [-0.39, 0.29) is 6.09 Å². The number of carbonyl (C=O) groups excluding carboxylic acids is 1. The molecule has 0 aliphatic carbocycles. The molecule has 0 unspecified atom stereocenters. The molecule has 0 aromatic heterocycles. The van der Waals surface area contributed by atoms with Gasteiger partial charge < -0.3 is 10.1 Å². The third-order valence-electron chi connectivity index (χ3n) is 2.33. The van der Waals surface area contributed by atoms with Crippen LogP contribution < -0.4 is 5.32 Å². The van der Waals surface area contributed by atoms with Crippen molar-refractivity contribution in [1.82, 2.24) is 4.90 Å². The highest BCUT2D eigenvalue weighted by Gasteiger charge is 2.30. The van der Waals surface area contributed by atoms with Gasteiger partial charge in [-0.2, -0.15) is 0 Å². The zero-order chi connectivity index (χ0) is 11.6. The van der Waals surface area contributed by atoms with Gasteiger partial charge in [0.1, 0.15) is 17.7 Å². The van der Waals surface area contributed by atoms with Crippen molar-refractivity contribution in [2.75, 3.05) is 13.1 Å². The van der Waals surface area contributed by atoms with E-state index in [9.17, 15) is 4.79 Å². The van der Waals surface area contributed by atoms with Crippen LogP contribution in [-0.4, -0.2) is 41.8 Å². The van der Waals surface area contributed by atoms with Crippen LogP contribution in [0.5, 0.6) is 0 Å². The summed E-state index contributed by atoms with van der Waals surface area (Å²) in [6.07, 6.45) is -0.186. The number of hydrogen-bond acceptors (Lipinski definition) is 2. The summed E-state index contributed by atoms with van der Waals surface area (Å²) >= 11 is 0. The van der Waals surface area contributed by atoms with Crippen molar-refractivity contribution in [3.05, 3.63) is 0 Å². The second-order valence-corrected chi connectivity index (χ2v) is 5.53. The lowest BCUT2D eigenvalue weighted by Gasteiger charge is -2.34. The summed E-state index contributed by atoms with van der Waals surface area (Å²) in [5.74, 6) is 0. The molecule has 0 aromatic carbocycles. The van der Waals surface area contributed by atoms with Crippen molar-refractivity contribution in [2.24, 2.45) is 0 Å². The third-order valence-corrected chi connectivity index (χ3v) is 2.33. The number of carbonyl (C=O) groups is 1. The average Bonchev–Trinajstić information content (AvgIpc) is 1.98. The van der Waals surface area contributed by atoms with Gasteiger partial charge >= 0.3 is 6.09 Å². The Labute approximate surface area is 92.0 Å². The van der Waals surface area contributed by atoms with E-state index in [1.54, 1.807) is 4.90 Å². The zero-order valence-corrected chi connectivity index (χ0v) is 10.4. The van der Waals surface area contributed by atoms with E-state index < -0.39 is 5.60 Å². The summed E-state index contributed by atoms with van der Waals surface area (Å²) in [7, 11) is 0. The topological polar surface area (TPSA) is 46.2 Å². The molecule has 0 bridgehead atoms. The van der Waals surface area contributed by atoms with Gasteiger partial charge in [0.15, 0.2) is 0 Å². The standard InChI is InChI=1S/C11H22N2O2/c1-8-6-13(7-9(2)12-8)10(14)15-11(3,4)5/h8-9,12H,6-7H2,1-5H3/p+1/t8-,9+. The van der Waals surface area contributed by atoms with Gasteiger partial charge in [-0.25, -0.2) is 4.79 Å². The van der Waals surface area contributed by atoms with Crippen molar-refractivity contribution in [3.63, 3.8) is 0 Å². The molecule has 1 aliphatic rings. The first-order valence-corrected chi connectivity index (χ1v) is 5.61. The first-order chi connectivity index (χ1) is 6.78. The Morgan fingerprint density at radius 1 is 1.27 bits per heavy atom. The fourth-order valence-electron chi connectivity index (χ4n) is 1.93. The number of piperazine rings is 1. The lowest BCUT2D eigenvalue weighted by Crippen LogP contribution is -2.99. The molecule has 0 aromatic rings. The Bertz CT molecular complexity index is 225. The van der Waals surface area contributed by atoms with Gasteiger partial charge in [0.25, 0.3) is 0 Å². The third kappa shape index (κ3) is 4.08. The smallest absolute Gasteiger partial charge is 0.410 e. The van der Waals surface area contributed by atoms with Crippen LogP contribution in [0, 0.1) is 0 Å². The van der Waals surface area contributed by atoms with Crippen molar-refractivity contribution in [1.29, 1.82) is 0 Å². The minimum Gasteiger partial charge on any atom is -0.444 e. The molecule has 0 saturated carbocycles. The van der Waals surface area contributed by atoms with Gasteiger partial charge in [0.05, 0.1) is 13.1 Å². The molecule has 15 heavy (non-hydrogen) atoms. The molecule has 1 rings (SSSR count). The average molecular weight is 215 g/mol. The minimum atomic E-state index is -0.398. The summed E-state index contributed by atoms with van der Waals surface area (Å²) in [4.78, 5) is 13.6. The van der Waals surface area contributed by atoms with Crippen LogP contribution in [-0.2, 0) is 4.74 Å². The molecular formula is C11H23N2O2+. The molecule has 1 aliphatic heterocycles. The largest absolute Gasteiger partial charge is 0.444 e. The first kappa shape index (κ1) is 12.3. The highest BCUT2D eigenvalue weighted by molar-refractivity contribution is 5.68. The Morgan fingerprint density at radius 2 is 1.73 bits per heavy atom. The number of nitrogens with zero attached hydrogens (tertiary/aromatic N) is 1. The predicted molar refractivity (Wildman–Crippen MR) is 58.7 cm³/mol. The first-order valence-electron chi connectivity index (χ1n) is 5.61. The summed E-state index contributed by atoms with van der Waals surface area (Å²) in [6, 6.07) is 0.919. The normalized spacial score (nSPS) is 27.7. The Balaban J connectivity index is 2.52. The molecule has 4 nitrogen and oxygen atoms in total. The highest BCUT2D eigenvalue weighted by Crippen LogP contribution is 2.11. The van der Waals surface area contributed by atoms with Gasteiger partial charge in [-0.3, -0.25) is 4.90 Å². The van der Waals surface area contributed by atoms with Crippen LogP contribution >= 0.6 is 0 Å². The molecule has 0 spiro atoms. The number of hydrogen-bond donors (Lipinski definition) is 1. The van der Waals surface area contributed by atoms with Gasteiger partial charge in [-0.05, 0) is 34.6 Å². The second kappa shape index (κ2) is 4.39. The molecule has 4 heteroatoms. The van der Waals surface area contributed by atoms with E-state index in [0.717, 1.165) is 13.1 Å². The van der Waals surface area contributed by atoms with Crippen LogP contribution in [0.3, 0.4) is 0 Å². The maximum Gasteiger partial charge on any atom is 0.410 e. The fourth-order valence-corrected chi connectivity index (χ4v) is 1.93. The second-order valence-electron chi connectivity index (χ2n) is 5.53.